The molecule has 0 saturated carbocycles. The molecule has 2 aromatic heterocycles. The lowest BCUT2D eigenvalue weighted by molar-refractivity contribution is -0.00941. The van der Waals surface area contributed by atoms with Crippen LogP contribution < -0.4 is 0 Å². The average Bonchev–Trinajstić information content (AvgIpc) is 3.17. The summed E-state index contributed by atoms with van der Waals surface area (Å²) in [7, 11) is 0. The second-order valence-corrected chi connectivity index (χ2v) is 6.84. The van der Waals surface area contributed by atoms with Crippen molar-refractivity contribution >= 4 is 11.3 Å². The Morgan fingerprint density at radius 2 is 2.38 bits per heavy atom. The molecule has 2 saturated heterocycles. The molecule has 2 aliphatic rings. The molecular weight excluding hydrogens is 282 g/mol. The minimum atomic E-state index is 0.221. The highest BCUT2D eigenvalue weighted by molar-refractivity contribution is 7.09. The number of aromatic nitrogens is 2. The Morgan fingerprint density at radius 3 is 3.19 bits per heavy atom. The Hall–Kier alpha value is -1.30. The van der Waals surface area contributed by atoms with Crippen molar-refractivity contribution in [2.24, 2.45) is 5.92 Å². The Labute approximate surface area is 128 Å². The van der Waals surface area contributed by atoms with Crippen LogP contribution in [-0.2, 0) is 11.3 Å². The van der Waals surface area contributed by atoms with Gasteiger partial charge in [0, 0.05) is 37.1 Å². The molecule has 0 amide bonds. The Kier molecular flexibility index (Phi) is 3.71. The van der Waals surface area contributed by atoms with Crippen LogP contribution in [0.3, 0.4) is 0 Å². The van der Waals surface area contributed by atoms with E-state index in [1.54, 1.807) is 11.3 Å². The summed E-state index contributed by atoms with van der Waals surface area (Å²) in [6.45, 7) is 3.16. The predicted molar refractivity (Wildman–Crippen MR) is 82.0 cm³/mol. The van der Waals surface area contributed by atoms with E-state index >= 15 is 0 Å². The third-order valence-corrected chi connectivity index (χ3v) is 5.36. The highest BCUT2D eigenvalue weighted by Crippen LogP contribution is 2.41. The highest BCUT2D eigenvalue weighted by Gasteiger charge is 2.40. The molecule has 2 aliphatic heterocycles. The lowest BCUT2D eigenvalue weighted by Gasteiger charge is -2.33. The molecule has 0 aliphatic carbocycles. The summed E-state index contributed by atoms with van der Waals surface area (Å²) in [4.78, 5) is 11.1. The summed E-state index contributed by atoms with van der Waals surface area (Å²) in [5.41, 5.74) is 1.28. The van der Waals surface area contributed by atoms with Crippen molar-refractivity contribution in [1.82, 2.24) is 14.9 Å². The first-order valence-electron chi connectivity index (χ1n) is 7.54. The summed E-state index contributed by atoms with van der Waals surface area (Å²) >= 11 is 1.71. The van der Waals surface area contributed by atoms with Crippen molar-refractivity contribution in [3.05, 3.63) is 46.7 Å². The minimum Gasteiger partial charge on any atom is -0.366 e. The molecule has 110 valence electrons. The van der Waals surface area contributed by atoms with Gasteiger partial charge in [0.1, 0.15) is 11.1 Å². The largest absolute Gasteiger partial charge is 0.366 e. The smallest absolute Gasteiger partial charge is 0.121 e. The van der Waals surface area contributed by atoms with E-state index < -0.39 is 0 Å². The van der Waals surface area contributed by atoms with Crippen molar-refractivity contribution in [2.45, 2.75) is 31.6 Å². The maximum absolute atomic E-state index is 6.27. The molecule has 2 aromatic rings. The van der Waals surface area contributed by atoms with Gasteiger partial charge in [-0.1, -0.05) is 6.07 Å². The second-order valence-electron chi connectivity index (χ2n) is 5.91. The number of hydrogen-bond acceptors (Lipinski definition) is 5. The normalized spacial score (nSPS) is 29.4. The molecule has 4 heterocycles. The molecule has 4 nitrogen and oxygen atoms in total. The number of hydrogen-bond donors (Lipinski definition) is 0. The zero-order valence-electron chi connectivity index (χ0n) is 11.9. The van der Waals surface area contributed by atoms with E-state index in [0.717, 1.165) is 31.1 Å². The lowest BCUT2D eigenvalue weighted by atomic mass is 9.91. The van der Waals surface area contributed by atoms with Crippen LogP contribution in [0.25, 0.3) is 0 Å². The molecule has 21 heavy (non-hydrogen) atoms. The molecule has 0 radical (unpaired) electrons. The summed E-state index contributed by atoms with van der Waals surface area (Å²) in [5.74, 6) is 0.698. The van der Waals surface area contributed by atoms with E-state index in [9.17, 15) is 0 Å². The van der Waals surface area contributed by atoms with E-state index in [1.807, 2.05) is 30.0 Å². The van der Waals surface area contributed by atoms with Gasteiger partial charge in [-0.2, -0.15) is 0 Å². The number of thiazole rings is 1. The zero-order chi connectivity index (χ0) is 14.1. The van der Waals surface area contributed by atoms with Crippen molar-refractivity contribution in [1.29, 1.82) is 0 Å². The first-order valence-corrected chi connectivity index (χ1v) is 8.42. The molecule has 0 unspecified atom stereocenters. The summed E-state index contributed by atoms with van der Waals surface area (Å²) in [6.07, 6.45) is 8.61. The van der Waals surface area contributed by atoms with Crippen LogP contribution in [0.1, 0.15) is 29.5 Å². The summed E-state index contributed by atoms with van der Waals surface area (Å²) < 4.78 is 6.27. The van der Waals surface area contributed by atoms with Gasteiger partial charge in [-0.15, -0.1) is 11.3 Å². The van der Waals surface area contributed by atoms with Crippen LogP contribution in [0.15, 0.2) is 36.1 Å². The van der Waals surface area contributed by atoms with E-state index in [4.69, 9.17) is 4.74 Å². The number of ether oxygens (including phenoxy) is 1. The number of likely N-dealkylation sites (tertiary alicyclic amines) is 1. The highest BCUT2D eigenvalue weighted by atomic mass is 32.1. The van der Waals surface area contributed by atoms with Crippen molar-refractivity contribution in [3.8, 4) is 0 Å². The van der Waals surface area contributed by atoms with Gasteiger partial charge in [-0.3, -0.25) is 9.88 Å². The number of pyridine rings is 1. The molecule has 0 bridgehead atoms. The predicted octanol–water partition coefficient (Wildman–Crippen LogP) is 2.89. The third kappa shape index (κ3) is 2.86. The topological polar surface area (TPSA) is 38.2 Å². The Balaban J connectivity index is 1.39. The average molecular weight is 301 g/mol. The number of piperidine rings is 1. The van der Waals surface area contributed by atoms with Crippen molar-refractivity contribution in [3.63, 3.8) is 0 Å². The monoisotopic (exact) mass is 301 g/mol. The summed E-state index contributed by atoms with van der Waals surface area (Å²) in [6, 6.07) is 4.15. The maximum Gasteiger partial charge on any atom is 0.121 e. The molecule has 0 N–H and O–H groups in total. The van der Waals surface area contributed by atoms with Gasteiger partial charge in [0.2, 0.25) is 0 Å². The quantitative estimate of drug-likeness (QED) is 0.874. The summed E-state index contributed by atoms with van der Waals surface area (Å²) in [5, 5.41) is 3.18. The van der Waals surface area contributed by atoms with Gasteiger partial charge in [-0.05, 0) is 36.9 Å². The van der Waals surface area contributed by atoms with Gasteiger partial charge in [-0.25, -0.2) is 4.98 Å². The van der Waals surface area contributed by atoms with E-state index in [1.165, 1.54) is 12.0 Å². The first kappa shape index (κ1) is 13.4. The molecule has 0 aromatic carbocycles. The number of nitrogens with zero attached hydrogens (tertiary/aromatic N) is 3. The minimum absolute atomic E-state index is 0.221. The van der Waals surface area contributed by atoms with Crippen LogP contribution >= 0.6 is 11.3 Å². The van der Waals surface area contributed by atoms with Gasteiger partial charge >= 0.3 is 0 Å². The van der Waals surface area contributed by atoms with Crippen LogP contribution in [0.5, 0.6) is 0 Å². The van der Waals surface area contributed by atoms with Gasteiger partial charge < -0.3 is 4.74 Å². The van der Waals surface area contributed by atoms with Gasteiger partial charge in [0.25, 0.3) is 0 Å². The van der Waals surface area contributed by atoms with Gasteiger partial charge in [0.15, 0.2) is 0 Å². The number of fused-ring (bicyclic) bond motifs is 1. The van der Waals surface area contributed by atoms with E-state index in [0.29, 0.717) is 12.0 Å². The lowest BCUT2D eigenvalue weighted by Crippen LogP contribution is -2.41. The Bertz CT molecular complexity index is 574. The second kappa shape index (κ2) is 5.83. The van der Waals surface area contributed by atoms with Crippen LogP contribution in [0.2, 0.25) is 0 Å². The fourth-order valence-electron chi connectivity index (χ4n) is 3.44. The van der Waals surface area contributed by atoms with E-state index in [-0.39, 0.29) is 6.10 Å². The van der Waals surface area contributed by atoms with Crippen molar-refractivity contribution in [2.75, 3.05) is 13.1 Å². The number of rotatable bonds is 3. The van der Waals surface area contributed by atoms with E-state index in [2.05, 4.69) is 20.9 Å². The van der Waals surface area contributed by atoms with Crippen LogP contribution in [0.4, 0.5) is 0 Å². The third-order valence-electron chi connectivity index (χ3n) is 4.49. The maximum atomic E-state index is 6.27. The van der Waals surface area contributed by atoms with Crippen molar-refractivity contribution < 1.29 is 4.74 Å². The molecule has 3 atom stereocenters. The van der Waals surface area contributed by atoms with Gasteiger partial charge in [0.05, 0.1) is 6.10 Å². The fourth-order valence-corrected chi connectivity index (χ4v) is 4.13. The van der Waals surface area contributed by atoms with Crippen LogP contribution in [-0.4, -0.2) is 34.1 Å². The Morgan fingerprint density at radius 1 is 1.38 bits per heavy atom. The molecule has 5 heteroatoms. The molecule has 0 spiro atoms. The fraction of sp³-hybridized carbons (Fsp3) is 0.500. The molecule has 2 fully saturated rings. The standard InChI is InChI=1S/C16H19N3OS/c1-2-12(9-17-4-1)10-19-6-3-13-8-14(20-15(13)11-19)16-18-5-7-21-16/h1-2,4-5,7,9,13-15H,3,6,8,10-11H2/t13-,14-,15+/m1/s1. The SMILES string of the molecule is c1cncc(CN2CC[C@@H]3C[C@H](c4nccs4)O[C@H]3C2)c1. The zero-order valence-corrected chi connectivity index (χ0v) is 12.7. The molecular formula is C16H19N3OS. The molecule has 4 rings (SSSR count). The first-order chi connectivity index (χ1) is 10.4. The van der Waals surface area contributed by atoms with Crippen LogP contribution in [0, 0.1) is 5.92 Å².